The fourth-order valence-electron chi connectivity index (χ4n) is 1.30. The van der Waals surface area contributed by atoms with Gasteiger partial charge in [-0.15, -0.1) is 0 Å². The Morgan fingerprint density at radius 3 is 2.88 bits per heavy atom. The maximum atomic E-state index is 10.3. The molecule has 0 saturated carbocycles. The molecule has 0 aliphatic heterocycles. The van der Waals surface area contributed by atoms with Crippen molar-refractivity contribution >= 4 is 6.09 Å². The van der Waals surface area contributed by atoms with E-state index in [1.165, 1.54) is 0 Å². The average Bonchev–Trinajstić information content (AvgIpc) is 2.29. The molecular weight excluding hydrogens is 208 g/mol. The van der Waals surface area contributed by atoms with Gasteiger partial charge in [-0.05, 0) is 6.07 Å². The highest BCUT2D eigenvalue weighted by atomic mass is 16.5. The van der Waals surface area contributed by atoms with Crippen molar-refractivity contribution in [2.75, 3.05) is 20.3 Å². The number of carbonyl (C=O) groups is 1. The van der Waals surface area contributed by atoms with Gasteiger partial charge in [0.2, 0.25) is 0 Å². The molecule has 16 heavy (non-hydrogen) atoms. The second-order valence-corrected chi connectivity index (χ2v) is 3.16. The van der Waals surface area contributed by atoms with Crippen LogP contribution in [0.4, 0.5) is 4.79 Å². The lowest BCUT2D eigenvalue weighted by molar-refractivity contribution is 0.157. The SMILES string of the molecule is COc1ccccc1CNCCOC(N)=O. The summed E-state index contributed by atoms with van der Waals surface area (Å²) in [6.07, 6.45) is -0.751. The number of hydrogen-bond acceptors (Lipinski definition) is 4. The van der Waals surface area contributed by atoms with Crippen molar-refractivity contribution < 1.29 is 14.3 Å². The standard InChI is InChI=1S/C11H16N2O3/c1-15-10-5-3-2-4-9(10)8-13-6-7-16-11(12)14/h2-5,13H,6-8H2,1H3,(H2,12,14). The average molecular weight is 224 g/mol. The van der Waals surface area contributed by atoms with Crippen molar-refractivity contribution in [1.82, 2.24) is 5.32 Å². The van der Waals surface area contributed by atoms with Gasteiger partial charge in [-0.25, -0.2) is 4.79 Å². The van der Waals surface area contributed by atoms with Gasteiger partial charge in [0.05, 0.1) is 7.11 Å². The van der Waals surface area contributed by atoms with Gasteiger partial charge in [0.1, 0.15) is 12.4 Å². The number of carbonyl (C=O) groups excluding carboxylic acids is 1. The van der Waals surface area contributed by atoms with E-state index in [1.807, 2.05) is 24.3 Å². The van der Waals surface area contributed by atoms with E-state index in [9.17, 15) is 4.79 Å². The first kappa shape index (κ1) is 12.3. The van der Waals surface area contributed by atoms with E-state index in [1.54, 1.807) is 7.11 Å². The summed E-state index contributed by atoms with van der Waals surface area (Å²) in [5.74, 6) is 0.839. The summed E-state index contributed by atoms with van der Waals surface area (Å²) in [5, 5.41) is 3.12. The molecule has 0 heterocycles. The molecule has 1 aromatic carbocycles. The minimum atomic E-state index is -0.751. The molecule has 0 bridgehead atoms. The zero-order chi connectivity index (χ0) is 11.8. The predicted molar refractivity (Wildman–Crippen MR) is 60.2 cm³/mol. The van der Waals surface area contributed by atoms with Crippen molar-refractivity contribution in [2.45, 2.75) is 6.54 Å². The Balaban J connectivity index is 2.28. The summed E-state index contributed by atoms with van der Waals surface area (Å²) in [5.41, 5.74) is 5.88. The Labute approximate surface area is 94.5 Å². The molecule has 5 heteroatoms. The molecule has 0 fully saturated rings. The van der Waals surface area contributed by atoms with Crippen LogP contribution in [-0.2, 0) is 11.3 Å². The van der Waals surface area contributed by atoms with Crippen LogP contribution >= 0.6 is 0 Å². The summed E-state index contributed by atoms with van der Waals surface area (Å²) >= 11 is 0. The Kier molecular flexibility index (Phi) is 5.15. The molecule has 1 amide bonds. The highest BCUT2D eigenvalue weighted by Gasteiger charge is 2.00. The highest BCUT2D eigenvalue weighted by Crippen LogP contribution is 2.16. The fourth-order valence-corrected chi connectivity index (χ4v) is 1.30. The molecule has 1 aromatic rings. The van der Waals surface area contributed by atoms with Crippen molar-refractivity contribution in [2.24, 2.45) is 5.73 Å². The fraction of sp³-hybridized carbons (Fsp3) is 0.364. The molecule has 1 rings (SSSR count). The number of primary amides is 1. The van der Waals surface area contributed by atoms with Crippen LogP contribution in [0.25, 0.3) is 0 Å². The van der Waals surface area contributed by atoms with Crippen molar-refractivity contribution in [3.8, 4) is 5.75 Å². The molecule has 0 radical (unpaired) electrons. The van der Waals surface area contributed by atoms with E-state index >= 15 is 0 Å². The van der Waals surface area contributed by atoms with E-state index in [4.69, 9.17) is 10.5 Å². The van der Waals surface area contributed by atoms with Crippen LogP contribution in [0.1, 0.15) is 5.56 Å². The van der Waals surface area contributed by atoms with E-state index in [0.29, 0.717) is 13.1 Å². The monoisotopic (exact) mass is 224 g/mol. The van der Waals surface area contributed by atoms with Crippen LogP contribution in [0.15, 0.2) is 24.3 Å². The molecule has 0 aliphatic carbocycles. The molecule has 5 nitrogen and oxygen atoms in total. The number of para-hydroxylation sites is 1. The molecular formula is C11H16N2O3. The third kappa shape index (κ3) is 4.18. The quantitative estimate of drug-likeness (QED) is 0.703. The number of ether oxygens (including phenoxy) is 2. The van der Waals surface area contributed by atoms with Gasteiger partial charge in [0.15, 0.2) is 0 Å². The zero-order valence-corrected chi connectivity index (χ0v) is 9.23. The van der Waals surface area contributed by atoms with Gasteiger partial charge in [-0.1, -0.05) is 18.2 Å². The van der Waals surface area contributed by atoms with Crippen molar-refractivity contribution in [3.63, 3.8) is 0 Å². The highest BCUT2D eigenvalue weighted by molar-refractivity contribution is 5.64. The molecule has 0 spiro atoms. The van der Waals surface area contributed by atoms with E-state index < -0.39 is 6.09 Å². The number of methoxy groups -OCH3 is 1. The summed E-state index contributed by atoms with van der Waals surface area (Å²) in [7, 11) is 1.63. The lowest BCUT2D eigenvalue weighted by Gasteiger charge is -2.09. The van der Waals surface area contributed by atoms with Crippen molar-refractivity contribution in [1.29, 1.82) is 0 Å². The Bertz CT molecular complexity index is 342. The van der Waals surface area contributed by atoms with Crippen LogP contribution < -0.4 is 15.8 Å². The number of amides is 1. The van der Waals surface area contributed by atoms with Crippen LogP contribution in [0.5, 0.6) is 5.75 Å². The zero-order valence-electron chi connectivity index (χ0n) is 9.23. The molecule has 0 unspecified atom stereocenters. The Morgan fingerprint density at radius 2 is 2.19 bits per heavy atom. The third-order valence-electron chi connectivity index (χ3n) is 2.03. The van der Waals surface area contributed by atoms with E-state index in [2.05, 4.69) is 10.1 Å². The van der Waals surface area contributed by atoms with Gasteiger partial charge in [0, 0.05) is 18.7 Å². The van der Waals surface area contributed by atoms with Gasteiger partial charge < -0.3 is 20.5 Å². The molecule has 88 valence electrons. The summed E-state index contributed by atoms with van der Waals surface area (Å²) < 4.78 is 9.78. The maximum absolute atomic E-state index is 10.3. The van der Waals surface area contributed by atoms with Gasteiger partial charge >= 0.3 is 6.09 Å². The molecule has 0 aromatic heterocycles. The Hall–Kier alpha value is -1.75. The maximum Gasteiger partial charge on any atom is 0.404 e. The topological polar surface area (TPSA) is 73.6 Å². The Morgan fingerprint density at radius 1 is 1.44 bits per heavy atom. The van der Waals surface area contributed by atoms with Crippen LogP contribution in [0, 0.1) is 0 Å². The normalized spacial score (nSPS) is 9.81. The molecule has 0 saturated heterocycles. The minimum absolute atomic E-state index is 0.268. The number of hydrogen-bond donors (Lipinski definition) is 2. The first-order valence-electron chi connectivity index (χ1n) is 4.99. The van der Waals surface area contributed by atoms with Crippen LogP contribution in [-0.4, -0.2) is 26.4 Å². The van der Waals surface area contributed by atoms with Crippen LogP contribution in [0.2, 0.25) is 0 Å². The third-order valence-corrected chi connectivity index (χ3v) is 2.03. The van der Waals surface area contributed by atoms with E-state index in [0.717, 1.165) is 11.3 Å². The molecule has 3 N–H and O–H groups in total. The predicted octanol–water partition coefficient (Wildman–Crippen LogP) is 0.880. The van der Waals surface area contributed by atoms with E-state index in [-0.39, 0.29) is 6.61 Å². The number of nitrogens with two attached hydrogens (primary N) is 1. The first-order chi connectivity index (χ1) is 7.74. The second-order valence-electron chi connectivity index (χ2n) is 3.16. The minimum Gasteiger partial charge on any atom is -0.496 e. The largest absolute Gasteiger partial charge is 0.496 e. The first-order valence-corrected chi connectivity index (χ1v) is 4.99. The number of rotatable bonds is 6. The van der Waals surface area contributed by atoms with Gasteiger partial charge in [-0.3, -0.25) is 0 Å². The lowest BCUT2D eigenvalue weighted by atomic mass is 10.2. The second kappa shape index (κ2) is 6.68. The summed E-state index contributed by atoms with van der Waals surface area (Å²) in [4.78, 5) is 10.3. The number of nitrogens with one attached hydrogen (secondary N) is 1. The molecule has 0 aliphatic rings. The summed E-state index contributed by atoms with van der Waals surface area (Å²) in [6.45, 7) is 1.48. The smallest absolute Gasteiger partial charge is 0.404 e. The number of benzene rings is 1. The molecule has 0 atom stereocenters. The van der Waals surface area contributed by atoms with Crippen LogP contribution in [0.3, 0.4) is 0 Å². The van der Waals surface area contributed by atoms with Crippen molar-refractivity contribution in [3.05, 3.63) is 29.8 Å². The summed E-state index contributed by atoms with van der Waals surface area (Å²) in [6, 6.07) is 7.73. The van der Waals surface area contributed by atoms with Gasteiger partial charge in [-0.2, -0.15) is 0 Å². The van der Waals surface area contributed by atoms with Gasteiger partial charge in [0.25, 0.3) is 0 Å². The lowest BCUT2D eigenvalue weighted by Crippen LogP contribution is -2.23.